The van der Waals surface area contributed by atoms with Crippen LogP contribution in [0.1, 0.15) is 40.0 Å². The summed E-state index contributed by atoms with van der Waals surface area (Å²) >= 11 is 0. The van der Waals surface area contributed by atoms with Crippen molar-refractivity contribution >= 4 is 12.0 Å². The Labute approximate surface area is 102 Å². The van der Waals surface area contributed by atoms with Crippen LogP contribution >= 0.6 is 0 Å². The number of rotatable bonds is 6. The third-order valence-electron chi connectivity index (χ3n) is 3.09. The lowest BCUT2D eigenvalue weighted by molar-refractivity contribution is -0.139. The van der Waals surface area contributed by atoms with E-state index in [1.807, 2.05) is 13.8 Å². The lowest BCUT2D eigenvalue weighted by atomic mass is 10.0. The normalized spacial score (nSPS) is 18.6. The van der Waals surface area contributed by atoms with Crippen molar-refractivity contribution in [2.24, 2.45) is 11.3 Å². The lowest BCUT2D eigenvalue weighted by Crippen LogP contribution is -2.47. The molecule has 1 aliphatic carbocycles. The molecule has 0 spiro atoms. The molecule has 1 rings (SSSR count). The highest BCUT2D eigenvalue weighted by Gasteiger charge is 2.37. The van der Waals surface area contributed by atoms with Crippen molar-refractivity contribution in [1.82, 2.24) is 10.6 Å². The van der Waals surface area contributed by atoms with Crippen LogP contribution in [0, 0.1) is 11.3 Å². The molecule has 0 radical (unpaired) electrons. The van der Waals surface area contributed by atoms with Gasteiger partial charge in [-0.05, 0) is 30.6 Å². The van der Waals surface area contributed by atoms with E-state index < -0.39 is 12.0 Å². The summed E-state index contributed by atoms with van der Waals surface area (Å²) in [5.74, 6) is -0.746. The number of carboxylic acids is 1. The third kappa shape index (κ3) is 5.06. The molecule has 5 heteroatoms. The minimum atomic E-state index is -0.980. The molecule has 1 atom stereocenters. The first-order valence-corrected chi connectivity index (χ1v) is 6.09. The van der Waals surface area contributed by atoms with Gasteiger partial charge in [0.05, 0.1) is 0 Å². The Morgan fingerprint density at radius 1 is 1.35 bits per heavy atom. The Balaban J connectivity index is 2.32. The van der Waals surface area contributed by atoms with Crippen LogP contribution in [0.2, 0.25) is 0 Å². The monoisotopic (exact) mass is 242 g/mol. The van der Waals surface area contributed by atoms with E-state index in [0.29, 0.717) is 13.0 Å². The summed E-state index contributed by atoms with van der Waals surface area (Å²) in [4.78, 5) is 22.5. The Hall–Kier alpha value is -1.26. The second-order valence-corrected chi connectivity index (χ2v) is 5.66. The maximum absolute atomic E-state index is 11.5. The van der Waals surface area contributed by atoms with Crippen LogP contribution in [0.3, 0.4) is 0 Å². The van der Waals surface area contributed by atoms with Gasteiger partial charge in [-0.3, -0.25) is 0 Å². The molecule has 1 aliphatic rings. The van der Waals surface area contributed by atoms with Crippen molar-refractivity contribution in [3.05, 3.63) is 0 Å². The maximum Gasteiger partial charge on any atom is 0.326 e. The van der Waals surface area contributed by atoms with E-state index in [1.54, 1.807) is 0 Å². The second-order valence-electron chi connectivity index (χ2n) is 5.66. The highest BCUT2D eigenvalue weighted by molar-refractivity contribution is 5.82. The lowest BCUT2D eigenvalue weighted by Gasteiger charge is -2.18. The summed E-state index contributed by atoms with van der Waals surface area (Å²) in [5, 5.41) is 14.2. The first kappa shape index (κ1) is 13.8. The Kier molecular flexibility index (Phi) is 4.37. The van der Waals surface area contributed by atoms with Crippen LogP contribution in [0.15, 0.2) is 0 Å². The molecule has 0 saturated heterocycles. The van der Waals surface area contributed by atoms with E-state index in [0.717, 1.165) is 12.8 Å². The quantitative estimate of drug-likeness (QED) is 0.661. The average molecular weight is 242 g/mol. The predicted octanol–water partition coefficient (Wildman–Crippen LogP) is 1.59. The molecular formula is C12H22N2O3. The van der Waals surface area contributed by atoms with Gasteiger partial charge < -0.3 is 15.7 Å². The molecule has 98 valence electrons. The smallest absolute Gasteiger partial charge is 0.326 e. The Morgan fingerprint density at radius 2 is 1.94 bits per heavy atom. The summed E-state index contributed by atoms with van der Waals surface area (Å²) in [6.07, 6.45) is 2.70. The van der Waals surface area contributed by atoms with E-state index in [2.05, 4.69) is 17.6 Å². The minimum absolute atomic E-state index is 0.230. The van der Waals surface area contributed by atoms with E-state index in [-0.39, 0.29) is 17.4 Å². The van der Waals surface area contributed by atoms with Gasteiger partial charge in [-0.2, -0.15) is 0 Å². The molecule has 1 saturated carbocycles. The zero-order chi connectivity index (χ0) is 13.1. The largest absolute Gasteiger partial charge is 0.480 e. The molecule has 1 unspecified atom stereocenters. The molecule has 17 heavy (non-hydrogen) atoms. The summed E-state index contributed by atoms with van der Waals surface area (Å²) in [5.41, 5.74) is 0.230. The number of amides is 2. The van der Waals surface area contributed by atoms with Crippen molar-refractivity contribution < 1.29 is 14.7 Å². The van der Waals surface area contributed by atoms with Crippen LogP contribution < -0.4 is 10.6 Å². The van der Waals surface area contributed by atoms with Crippen LogP contribution in [0.25, 0.3) is 0 Å². The van der Waals surface area contributed by atoms with Crippen molar-refractivity contribution in [3.63, 3.8) is 0 Å². The Bertz CT molecular complexity index is 298. The van der Waals surface area contributed by atoms with E-state index in [4.69, 9.17) is 5.11 Å². The molecule has 1 fully saturated rings. The average Bonchev–Trinajstić information content (AvgIpc) is 2.93. The van der Waals surface area contributed by atoms with Gasteiger partial charge in [0, 0.05) is 6.54 Å². The molecule has 0 heterocycles. The summed E-state index contributed by atoms with van der Waals surface area (Å²) in [6, 6.07) is -1.19. The molecule has 0 aromatic heterocycles. The van der Waals surface area contributed by atoms with E-state index in [1.165, 1.54) is 0 Å². The number of hydrogen-bond donors (Lipinski definition) is 3. The predicted molar refractivity (Wildman–Crippen MR) is 64.8 cm³/mol. The van der Waals surface area contributed by atoms with Crippen molar-refractivity contribution in [1.29, 1.82) is 0 Å². The number of carbonyl (C=O) groups excluding carboxylic acids is 1. The molecule has 5 nitrogen and oxygen atoms in total. The molecule has 0 aromatic rings. The van der Waals surface area contributed by atoms with Gasteiger partial charge in [-0.25, -0.2) is 9.59 Å². The molecule has 0 aliphatic heterocycles. The summed E-state index contributed by atoms with van der Waals surface area (Å²) < 4.78 is 0. The van der Waals surface area contributed by atoms with Crippen molar-refractivity contribution in [2.75, 3.05) is 6.54 Å². The number of hydrogen-bond acceptors (Lipinski definition) is 2. The van der Waals surface area contributed by atoms with Gasteiger partial charge in [0.25, 0.3) is 0 Å². The van der Waals surface area contributed by atoms with Gasteiger partial charge in [-0.1, -0.05) is 20.8 Å². The van der Waals surface area contributed by atoms with Gasteiger partial charge in [0.1, 0.15) is 6.04 Å². The first-order chi connectivity index (χ1) is 7.82. The van der Waals surface area contributed by atoms with Gasteiger partial charge in [0.15, 0.2) is 0 Å². The van der Waals surface area contributed by atoms with Gasteiger partial charge >= 0.3 is 12.0 Å². The fourth-order valence-electron chi connectivity index (χ4n) is 1.59. The number of carboxylic acid groups (broad SMARTS) is 1. The van der Waals surface area contributed by atoms with Gasteiger partial charge in [0.2, 0.25) is 0 Å². The fourth-order valence-corrected chi connectivity index (χ4v) is 1.59. The second kappa shape index (κ2) is 5.38. The highest BCUT2D eigenvalue weighted by atomic mass is 16.4. The van der Waals surface area contributed by atoms with Gasteiger partial charge in [-0.15, -0.1) is 0 Å². The standard InChI is InChI=1S/C12H22N2O3/c1-8(2)6-9(10(15)16)14-11(17)13-7-12(3)4-5-12/h8-9H,4-7H2,1-3H3,(H,15,16)(H2,13,14,17). The zero-order valence-corrected chi connectivity index (χ0v) is 10.7. The third-order valence-corrected chi connectivity index (χ3v) is 3.09. The van der Waals surface area contributed by atoms with Crippen molar-refractivity contribution in [3.8, 4) is 0 Å². The number of aliphatic carboxylic acids is 1. The first-order valence-electron chi connectivity index (χ1n) is 6.09. The van der Waals surface area contributed by atoms with Crippen LogP contribution in [-0.2, 0) is 4.79 Å². The zero-order valence-electron chi connectivity index (χ0n) is 10.7. The van der Waals surface area contributed by atoms with E-state index >= 15 is 0 Å². The minimum Gasteiger partial charge on any atom is -0.480 e. The summed E-state index contributed by atoms with van der Waals surface area (Å²) in [7, 11) is 0. The fraction of sp³-hybridized carbons (Fsp3) is 0.833. The highest BCUT2D eigenvalue weighted by Crippen LogP contribution is 2.43. The topological polar surface area (TPSA) is 78.4 Å². The number of urea groups is 1. The summed E-state index contributed by atoms with van der Waals surface area (Å²) in [6.45, 7) is 6.59. The SMILES string of the molecule is CC(C)CC(NC(=O)NCC1(C)CC1)C(=O)O. The molecule has 2 amide bonds. The molecule has 3 N–H and O–H groups in total. The van der Waals surface area contributed by atoms with Crippen LogP contribution in [-0.4, -0.2) is 29.7 Å². The van der Waals surface area contributed by atoms with Crippen LogP contribution in [0.5, 0.6) is 0 Å². The molecule has 0 aromatic carbocycles. The number of nitrogens with one attached hydrogen (secondary N) is 2. The molecule has 0 bridgehead atoms. The number of carbonyl (C=O) groups is 2. The van der Waals surface area contributed by atoms with Crippen molar-refractivity contribution in [2.45, 2.75) is 46.1 Å². The van der Waals surface area contributed by atoms with Crippen LogP contribution in [0.4, 0.5) is 4.79 Å². The maximum atomic E-state index is 11.5. The molecular weight excluding hydrogens is 220 g/mol. The Morgan fingerprint density at radius 3 is 2.35 bits per heavy atom. The van der Waals surface area contributed by atoms with E-state index in [9.17, 15) is 9.59 Å².